The van der Waals surface area contributed by atoms with Gasteiger partial charge < -0.3 is 0 Å². The average Bonchev–Trinajstić information content (AvgIpc) is 1.82. The summed E-state index contributed by atoms with van der Waals surface area (Å²) in [6.45, 7) is 6.54. The predicted octanol–water partition coefficient (Wildman–Crippen LogP) is 3.10. The SMILES string of the molecule is Cc1cc(C)[c]([Bi]([Br])[Br])c(C)c1. The molecule has 0 bridgehead atoms. The van der Waals surface area contributed by atoms with Crippen LogP contribution < -0.4 is 3.27 Å². The van der Waals surface area contributed by atoms with Crippen LogP contribution in [0.25, 0.3) is 0 Å². The molecule has 0 aromatic heterocycles. The van der Waals surface area contributed by atoms with E-state index in [4.69, 9.17) is 0 Å². The third kappa shape index (κ3) is 2.53. The topological polar surface area (TPSA) is 0 Å². The summed E-state index contributed by atoms with van der Waals surface area (Å²) in [6.07, 6.45) is 0. The van der Waals surface area contributed by atoms with Gasteiger partial charge in [-0.2, -0.15) is 0 Å². The number of hydrogen-bond donors (Lipinski definition) is 0. The van der Waals surface area contributed by atoms with E-state index in [9.17, 15) is 0 Å². The van der Waals surface area contributed by atoms with Crippen molar-refractivity contribution in [2.75, 3.05) is 0 Å². The second-order valence-corrected chi connectivity index (χ2v) is 27.3. The van der Waals surface area contributed by atoms with E-state index in [2.05, 4.69) is 57.3 Å². The first kappa shape index (κ1) is 11.1. The Balaban J connectivity index is 3.28. The summed E-state index contributed by atoms with van der Waals surface area (Å²) in [4.78, 5) is 0. The molecular formula is C9H11BiBr2. The second-order valence-electron chi connectivity index (χ2n) is 2.98. The molecule has 0 saturated carbocycles. The van der Waals surface area contributed by atoms with Crippen LogP contribution in [0.1, 0.15) is 16.7 Å². The summed E-state index contributed by atoms with van der Waals surface area (Å²) in [6, 6.07) is 4.51. The van der Waals surface area contributed by atoms with Gasteiger partial charge in [0.05, 0.1) is 0 Å². The minimum atomic E-state index is -1.60. The maximum atomic E-state index is 3.73. The van der Waals surface area contributed by atoms with Crippen molar-refractivity contribution in [3.63, 3.8) is 0 Å². The van der Waals surface area contributed by atoms with Gasteiger partial charge in [0.1, 0.15) is 0 Å². The average molecular weight is 488 g/mol. The maximum absolute atomic E-state index is 3.73. The molecule has 3 heteroatoms. The number of aryl methyl sites for hydroxylation is 3. The van der Waals surface area contributed by atoms with Gasteiger partial charge in [-0.3, -0.25) is 0 Å². The third-order valence-electron chi connectivity index (χ3n) is 1.80. The Kier molecular flexibility index (Phi) is 4.20. The first-order valence-corrected chi connectivity index (χ1v) is 20.5. The van der Waals surface area contributed by atoms with Crippen LogP contribution in [0.5, 0.6) is 0 Å². The Labute approximate surface area is 93.3 Å². The van der Waals surface area contributed by atoms with Gasteiger partial charge >= 0.3 is 94.4 Å². The fourth-order valence-corrected chi connectivity index (χ4v) is 13.8. The zero-order valence-electron chi connectivity index (χ0n) is 7.36. The Hall–Kier alpha value is 1.06. The molecule has 0 nitrogen and oxygen atoms in total. The molecular weight excluding hydrogens is 477 g/mol. The fraction of sp³-hybridized carbons (Fsp3) is 0.333. The summed E-state index contributed by atoms with van der Waals surface area (Å²) in [7, 11) is 0. The summed E-state index contributed by atoms with van der Waals surface area (Å²) < 4.78 is 1.55. The van der Waals surface area contributed by atoms with Crippen LogP contribution in [-0.2, 0) is 0 Å². The number of benzene rings is 1. The Morgan fingerprint density at radius 3 is 1.75 bits per heavy atom. The molecule has 0 N–H and O–H groups in total. The molecule has 0 saturated heterocycles. The van der Waals surface area contributed by atoms with Crippen molar-refractivity contribution in [1.29, 1.82) is 0 Å². The van der Waals surface area contributed by atoms with Crippen molar-refractivity contribution < 1.29 is 0 Å². The van der Waals surface area contributed by atoms with Crippen molar-refractivity contribution in [3.8, 4) is 0 Å². The normalized spacial score (nSPS) is 10.8. The summed E-state index contributed by atoms with van der Waals surface area (Å²) in [5.74, 6) is 0. The Morgan fingerprint density at radius 2 is 1.42 bits per heavy atom. The summed E-state index contributed by atoms with van der Waals surface area (Å²) in [5, 5.41) is 0. The van der Waals surface area contributed by atoms with Crippen molar-refractivity contribution >= 4 is 44.8 Å². The van der Waals surface area contributed by atoms with Crippen LogP contribution in [0.2, 0.25) is 0 Å². The van der Waals surface area contributed by atoms with E-state index in [1.54, 1.807) is 3.27 Å². The molecule has 0 aliphatic heterocycles. The molecule has 12 heavy (non-hydrogen) atoms. The van der Waals surface area contributed by atoms with Crippen LogP contribution in [0, 0.1) is 20.8 Å². The van der Waals surface area contributed by atoms with E-state index >= 15 is 0 Å². The van der Waals surface area contributed by atoms with Gasteiger partial charge in [-0.1, -0.05) is 0 Å². The van der Waals surface area contributed by atoms with E-state index in [1.165, 1.54) is 16.7 Å². The third-order valence-corrected chi connectivity index (χ3v) is 12.1. The first-order valence-electron chi connectivity index (χ1n) is 3.72. The van der Waals surface area contributed by atoms with E-state index in [-0.39, 0.29) is 0 Å². The van der Waals surface area contributed by atoms with Gasteiger partial charge in [-0.05, 0) is 0 Å². The number of hydrogen-bond acceptors (Lipinski definition) is 0. The van der Waals surface area contributed by atoms with E-state index in [1.807, 2.05) is 0 Å². The van der Waals surface area contributed by atoms with Gasteiger partial charge in [-0.15, -0.1) is 0 Å². The first-order chi connectivity index (χ1) is 5.52. The summed E-state index contributed by atoms with van der Waals surface area (Å²) >= 11 is 5.86. The van der Waals surface area contributed by atoms with Gasteiger partial charge in [0.25, 0.3) is 0 Å². The standard InChI is InChI=1S/C9H11.Bi.2BrH/c1-7-4-8(2)6-9(3)5-7;;;/h4-5H,1-3H3;;2*1H/q;+2;;/p-2. The molecule has 66 valence electrons. The minimum absolute atomic E-state index is 1.36. The number of rotatable bonds is 1. The molecule has 1 rings (SSSR count). The Morgan fingerprint density at radius 1 is 1.00 bits per heavy atom. The van der Waals surface area contributed by atoms with Gasteiger partial charge in [0.15, 0.2) is 0 Å². The molecule has 0 aliphatic rings. The zero-order valence-corrected chi connectivity index (χ0v) is 14.0. The van der Waals surface area contributed by atoms with Crippen LogP contribution in [-0.4, -0.2) is 17.1 Å². The van der Waals surface area contributed by atoms with Crippen molar-refractivity contribution in [3.05, 3.63) is 28.8 Å². The van der Waals surface area contributed by atoms with Crippen molar-refractivity contribution in [2.24, 2.45) is 0 Å². The molecule has 0 unspecified atom stereocenters. The van der Waals surface area contributed by atoms with Crippen LogP contribution in [0.3, 0.4) is 0 Å². The molecule has 0 fully saturated rings. The molecule has 0 heterocycles. The Bertz CT molecular complexity index is 272. The van der Waals surface area contributed by atoms with Crippen molar-refractivity contribution in [1.82, 2.24) is 0 Å². The van der Waals surface area contributed by atoms with Gasteiger partial charge in [0.2, 0.25) is 0 Å². The fourth-order valence-electron chi connectivity index (χ4n) is 1.44. The zero-order chi connectivity index (χ0) is 9.30. The molecule has 0 spiro atoms. The van der Waals surface area contributed by atoms with Gasteiger partial charge in [-0.25, -0.2) is 0 Å². The number of halogens is 2. The monoisotopic (exact) mass is 486 g/mol. The molecule has 1 aromatic carbocycles. The molecule has 0 radical (unpaired) electrons. The summed E-state index contributed by atoms with van der Waals surface area (Å²) in [5.41, 5.74) is 4.22. The van der Waals surface area contributed by atoms with Crippen LogP contribution in [0.4, 0.5) is 0 Å². The predicted molar refractivity (Wildman–Crippen MR) is 63.9 cm³/mol. The quantitative estimate of drug-likeness (QED) is 0.534. The van der Waals surface area contributed by atoms with Gasteiger partial charge in [0, 0.05) is 0 Å². The second kappa shape index (κ2) is 4.53. The molecule has 0 atom stereocenters. The van der Waals surface area contributed by atoms with Crippen LogP contribution >= 0.6 is 24.4 Å². The van der Waals surface area contributed by atoms with Crippen LogP contribution in [0.15, 0.2) is 12.1 Å². The molecule has 0 amide bonds. The molecule has 1 aromatic rings. The van der Waals surface area contributed by atoms with E-state index in [0.29, 0.717) is 0 Å². The molecule has 0 aliphatic carbocycles. The van der Waals surface area contributed by atoms with Crippen molar-refractivity contribution in [2.45, 2.75) is 20.8 Å². The van der Waals surface area contributed by atoms with E-state index in [0.717, 1.165) is 0 Å². The van der Waals surface area contributed by atoms with E-state index < -0.39 is 17.1 Å².